The number of allylic oxidation sites excluding steroid dienone is 2. The number of anilines is 2. The van der Waals surface area contributed by atoms with Gasteiger partial charge in [0.05, 0.1) is 16.1 Å². The number of carbonyl (C=O) groups is 4. The van der Waals surface area contributed by atoms with Crippen LogP contribution in [0.25, 0.3) is 0 Å². The fraction of sp³-hybridized carbons (Fsp3) is 0.625. The average Bonchev–Trinajstić information content (AvgIpc) is 3.84. The van der Waals surface area contributed by atoms with Crippen LogP contribution in [0.15, 0.2) is 36.4 Å². The quantitative estimate of drug-likeness (QED) is 0.453. The lowest BCUT2D eigenvalue weighted by Gasteiger charge is -2.26. The zero-order valence-electron chi connectivity index (χ0n) is 26.0. The molecule has 12 heteroatoms. The molecule has 5 rings (SSSR count). The van der Waals surface area contributed by atoms with Crippen LogP contribution >= 0.6 is 0 Å². The number of ether oxygens (including phenoxy) is 1. The van der Waals surface area contributed by atoms with Gasteiger partial charge in [0.25, 0.3) is 0 Å². The van der Waals surface area contributed by atoms with Crippen molar-refractivity contribution in [1.29, 1.82) is 0 Å². The number of nitrogens with one attached hydrogen (secondary N) is 2. The van der Waals surface area contributed by atoms with Crippen LogP contribution in [0.3, 0.4) is 0 Å². The summed E-state index contributed by atoms with van der Waals surface area (Å²) in [6, 6.07) is 7.29. The third kappa shape index (κ3) is 6.64. The molecule has 1 aromatic rings. The highest BCUT2D eigenvalue weighted by molar-refractivity contribution is 7.91. The molecule has 2 N–H and O–H groups in total. The summed E-state index contributed by atoms with van der Waals surface area (Å²) in [5.41, 5.74) is 0.279. The zero-order valence-corrected chi connectivity index (χ0v) is 26.8. The van der Waals surface area contributed by atoms with Crippen molar-refractivity contribution >= 4 is 45.1 Å². The topological polar surface area (TPSA) is 142 Å². The Labute approximate surface area is 259 Å². The minimum absolute atomic E-state index is 0.156. The van der Waals surface area contributed by atoms with E-state index in [1.807, 2.05) is 49.3 Å². The van der Waals surface area contributed by atoms with E-state index >= 15 is 0 Å². The molecule has 0 aromatic heterocycles. The Balaban J connectivity index is 1.34. The van der Waals surface area contributed by atoms with Crippen LogP contribution in [0.5, 0.6) is 0 Å². The molecule has 3 saturated carbocycles. The van der Waals surface area contributed by atoms with E-state index in [0.717, 1.165) is 24.9 Å². The Morgan fingerprint density at radius 2 is 1.82 bits per heavy atom. The lowest BCUT2D eigenvalue weighted by Crippen LogP contribution is -2.44. The first-order valence-electron chi connectivity index (χ1n) is 15.5. The minimum atomic E-state index is -3.88. The van der Waals surface area contributed by atoms with E-state index in [0.29, 0.717) is 31.5 Å². The van der Waals surface area contributed by atoms with Gasteiger partial charge in [-0.15, -0.1) is 0 Å². The highest BCUT2D eigenvalue weighted by atomic mass is 32.2. The van der Waals surface area contributed by atoms with Crippen LogP contribution in [0.2, 0.25) is 0 Å². The van der Waals surface area contributed by atoms with Gasteiger partial charge in [-0.2, -0.15) is 0 Å². The summed E-state index contributed by atoms with van der Waals surface area (Å²) in [7, 11) is 1.63. The van der Waals surface area contributed by atoms with Gasteiger partial charge in [0.2, 0.25) is 21.8 Å². The van der Waals surface area contributed by atoms with Crippen molar-refractivity contribution in [3.63, 3.8) is 0 Å². The zero-order chi connectivity index (χ0) is 31.9. The van der Waals surface area contributed by atoms with Crippen LogP contribution in [0.4, 0.5) is 16.2 Å². The van der Waals surface area contributed by atoms with E-state index in [1.165, 1.54) is 0 Å². The molecular formula is C32H44N4O7S. The van der Waals surface area contributed by atoms with Crippen LogP contribution < -0.4 is 14.9 Å². The van der Waals surface area contributed by atoms with Crippen molar-refractivity contribution in [2.24, 2.45) is 23.2 Å². The first-order chi connectivity index (χ1) is 20.7. The molecule has 1 aromatic carbocycles. The number of nitrogens with zero attached hydrogens (tertiary/aromatic N) is 2. The fourth-order valence-electron chi connectivity index (χ4n) is 6.51. The largest absolute Gasteiger partial charge is 0.446 e. The van der Waals surface area contributed by atoms with Crippen molar-refractivity contribution in [1.82, 2.24) is 9.62 Å². The van der Waals surface area contributed by atoms with Gasteiger partial charge in [0.15, 0.2) is 0 Å². The molecule has 0 unspecified atom stereocenters. The minimum Gasteiger partial charge on any atom is -0.446 e. The average molecular weight is 629 g/mol. The normalized spacial score (nSPS) is 30.7. The second-order valence-electron chi connectivity index (χ2n) is 13.5. The lowest BCUT2D eigenvalue weighted by molar-refractivity contribution is -0.140. The van der Waals surface area contributed by atoms with Gasteiger partial charge in [-0.3, -0.25) is 24.4 Å². The van der Waals surface area contributed by atoms with Gasteiger partial charge < -0.3 is 14.5 Å². The molecule has 3 amide bonds. The van der Waals surface area contributed by atoms with Crippen LogP contribution in [-0.4, -0.2) is 75.5 Å². The fourth-order valence-corrected chi connectivity index (χ4v) is 7.84. The summed E-state index contributed by atoms with van der Waals surface area (Å²) in [5, 5.41) is 2.74. The SMILES string of the molecule is CN1CCCC/C=C\[C@@H]2C[C@@]2(C(=O)NS(=O)(=O)C2(C)CC2)CC(=O)[C@@H]2C[C@@H](OC(=O)Nc3cccc(N(C)C)c3)C[C@H]2C1=O. The highest BCUT2D eigenvalue weighted by Crippen LogP contribution is 2.58. The molecule has 1 heterocycles. The smallest absolute Gasteiger partial charge is 0.411 e. The molecule has 0 saturated heterocycles. The molecule has 3 fully saturated rings. The van der Waals surface area contributed by atoms with Gasteiger partial charge in [0.1, 0.15) is 11.9 Å². The maximum atomic E-state index is 14.0. The first kappa shape index (κ1) is 32.0. The molecule has 3 aliphatic carbocycles. The summed E-state index contributed by atoms with van der Waals surface area (Å²) in [6.07, 6.45) is 6.48. The third-order valence-electron chi connectivity index (χ3n) is 9.90. The molecular weight excluding hydrogens is 584 g/mol. The van der Waals surface area contributed by atoms with Crippen molar-refractivity contribution in [2.75, 3.05) is 37.9 Å². The first-order valence-corrected chi connectivity index (χ1v) is 17.0. The molecule has 5 atom stereocenters. The Hall–Kier alpha value is -3.41. The van der Waals surface area contributed by atoms with Gasteiger partial charge in [0, 0.05) is 51.4 Å². The number of fused-ring (bicyclic) bond motifs is 2. The van der Waals surface area contributed by atoms with Crippen LogP contribution in [0.1, 0.15) is 64.7 Å². The monoisotopic (exact) mass is 628 g/mol. The van der Waals surface area contributed by atoms with Crippen molar-refractivity contribution in [2.45, 2.75) is 75.6 Å². The number of hydrogen-bond acceptors (Lipinski definition) is 8. The van der Waals surface area contributed by atoms with E-state index in [2.05, 4.69) is 10.0 Å². The Morgan fingerprint density at radius 1 is 1.09 bits per heavy atom. The lowest BCUT2D eigenvalue weighted by atomic mass is 9.84. The molecule has 0 bridgehead atoms. The van der Waals surface area contributed by atoms with Crippen molar-refractivity contribution in [3.8, 4) is 0 Å². The number of ketones is 1. The molecule has 240 valence electrons. The van der Waals surface area contributed by atoms with E-state index in [9.17, 15) is 27.6 Å². The van der Waals surface area contributed by atoms with Crippen molar-refractivity contribution < 1.29 is 32.3 Å². The second kappa shape index (κ2) is 12.2. The van der Waals surface area contributed by atoms with E-state index in [-0.39, 0.29) is 36.9 Å². The summed E-state index contributed by atoms with van der Waals surface area (Å²) in [5.74, 6) is -2.82. The number of rotatable bonds is 6. The molecule has 4 aliphatic rings. The number of amides is 3. The Morgan fingerprint density at radius 3 is 2.52 bits per heavy atom. The summed E-state index contributed by atoms with van der Waals surface area (Å²) < 4.78 is 32.9. The molecule has 0 spiro atoms. The van der Waals surface area contributed by atoms with Crippen molar-refractivity contribution in [3.05, 3.63) is 36.4 Å². The van der Waals surface area contributed by atoms with Gasteiger partial charge in [-0.1, -0.05) is 18.2 Å². The van der Waals surface area contributed by atoms with E-state index in [4.69, 9.17) is 4.74 Å². The van der Waals surface area contributed by atoms with Crippen LogP contribution in [-0.2, 0) is 29.1 Å². The maximum absolute atomic E-state index is 14.0. The summed E-state index contributed by atoms with van der Waals surface area (Å²) in [4.78, 5) is 57.6. The third-order valence-corrected chi connectivity index (χ3v) is 12.1. The second-order valence-corrected chi connectivity index (χ2v) is 15.7. The molecule has 0 radical (unpaired) electrons. The summed E-state index contributed by atoms with van der Waals surface area (Å²) >= 11 is 0. The molecule has 1 aliphatic heterocycles. The number of benzene rings is 1. The van der Waals surface area contributed by atoms with E-state index < -0.39 is 50.1 Å². The number of sulfonamides is 1. The summed E-state index contributed by atoms with van der Waals surface area (Å²) in [6.45, 7) is 2.16. The van der Waals surface area contributed by atoms with Gasteiger partial charge in [-0.05, 0) is 82.4 Å². The number of carbonyl (C=O) groups excluding carboxylic acids is 4. The highest BCUT2D eigenvalue weighted by Gasteiger charge is 2.62. The predicted octanol–water partition coefficient (Wildman–Crippen LogP) is 3.86. The Kier molecular flexibility index (Phi) is 8.85. The van der Waals surface area contributed by atoms with Gasteiger partial charge >= 0.3 is 6.09 Å². The number of hydrogen-bond donors (Lipinski definition) is 2. The van der Waals surface area contributed by atoms with Gasteiger partial charge in [-0.25, -0.2) is 13.2 Å². The van der Waals surface area contributed by atoms with Crippen LogP contribution in [0, 0.1) is 23.2 Å². The number of Topliss-reactive ketones (excluding diaryl/α,β-unsaturated/α-hetero) is 1. The predicted molar refractivity (Wildman–Crippen MR) is 166 cm³/mol. The maximum Gasteiger partial charge on any atom is 0.411 e. The molecule has 44 heavy (non-hydrogen) atoms. The standard InChI is InChI=1S/C32H44N4O7S/c1-31(13-14-31)44(41,42)34-29(39)32-19-21(32)10-7-5-6-8-15-36(4)28(38)26-18-24(17-25(26)27(37)20-32)43-30(40)33-22-11-9-12-23(16-22)35(2)3/h7,9-12,16,21,24-26H,5-6,8,13-15,17-20H2,1-4H3,(H,33,40)(H,34,39)/b10-7-/t21-,24-,25-,26-,32-/m1/s1. The Bertz CT molecular complexity index is 1450. The molecule has 11 nitrogen and oxygen atoms in total. The van der Waals surface area contributed by atoms with E-state index in [1.54, 1.807) is 24.9 Å².